The second kappa shape index (κ2) is 6.87. The van der Waals surface area contributed by atoms with E-state index >= 15 is 0 Å². The Morgan fingerprint density at radius 3 is 2.36 bits per heavy atom. The predicted molar refractivity (Wildman–Crippen MR) is 76.8 cm³/mol. The lowest BCUT2D eigenvalue weighted by atomic mass is 10.2. The molecule has 0 saturated carbocycles. The van der Waals surface area contributed by atoms with Crippen LogP contribution in [0.1, 0.15) is 23.7 Å². The van der Waals surface area contributed by atoms with E-state index in [2.05, 4.69) is 0 Å². The van der Waals surface area contributed by atoms with Gasteiger partial charge in [-0.15, -0.1) is 0 Å². The molecule has 0 spiro atoms. The molecular formula is C13H15ClF3NO3S. The van der Waals surface area contributed by atoms with Gasteiger partial charge in [-0.05, 0) is 24.6 Å². The molecule has 0 aromatic heterocycles. The van der Waals surface area contributed by atoms with Crippen molar-refractivity contribution >= 4 is 27.3 Å². The summed E-state index contributed by atoms with van der Waals surface area (Å²) >= 11 is 5.75. The molecule has 1 amide bonds. The molecule has 1 aromatic rings. The van der Waals surface area contributed by atoms with E-state index in [9.17, 15) is 26.4 Å². The first-order valence-electron chi connectivity index (χ1n) is 6.31. The van der Waals surface area contributed by atoms with Crippen LogP contribution in [0.15, 0.2) is 23.1 Å². The van der Waals surface area contributed by atoms with Crippen molar-refractivity contribution in [2.45, 2.75) is 24.4 Å². The lowest BCUT2D eigenvalue weighted by molar-refractivity contribution is -0.140. The van der Waals surface area contributed by atoms with E-state index in [0.717, 1.165) is 12.3 Å². The van der Waals surface area contributed by atoms with Crippen molar-refractivity contribution in [3.8, 4) is 0 Å². The van der Waals surface area contributed by atoms with E-state index in [1.54, 1.807) is 6.92 Å². The van der Waals surface area contributed by atoms with Gasteiger partial charge in [0.25, 0.3) is 5.91 Å². The molecule has 0 heterocycles. The summed E-state index contributed by atoms with van der Waals surface area (Å²) in [6.07, 6.45) is -3.28. The summed E-state index contributed by atoms with van der Waals surface area (Å²) in [4.78, 5) is 12.5. The first-order valence-corrected chi connectivity index (χ1v) is 8.58. The van der Waals surface area contributed by atoms with Crippen molar-refractivity contribution in [3.63, 3.8) is 0 Å². The average Bonchev–Trinajstić information content (AvgIpc) is 2.35. The van der Waals surface area contributed by atoms with E-state index in [1.807, 2.05) is 0 Å². The number of rotatable bonds is 5. The van der Waals surface area contributed by atoms with Crippen molar-refractivity contribution in [1.29, 1.82) is 0 Å². The number of halogens is 4. The fraction of sp³-hybridized carbons (Fsp3) is 0.462. The van der Waals surface area contributed by atoms with Gasteiger partial charge in [0.05, 0.1) is 9.92 Å². The molecule has 0 aliphatic carbocycles. The number of amides is 1. The van der Waals surface area contributed by atoms with Crippen LogP contribution < -0.4 is 0 Å². The molecule has 1 aromatic carbocycles. The van der Waals surface area contributed by atoms with Crippen LogP contribution in [-0.2, 0) is 9.84 Å². The van der Waals surface area contributed by atoms with E-state index in [1.165, 1.54) is 12.1 Å². The highest BCUT2D eigenvalue weighted by Gasteiger charge is 2.33. The van der Waals surface area contributed by atoms with Gasteiger partial charge >= 0.3 is 6.18 Å². The molecule has 9 heteroatoms. The molecule has 0 N–H and O–H groups in total. The third-order valence-corrected chi connectivity index (χ3v) is 4.31. The largest absolute Gasteiger partial charge is 0.406 e. The Balaban J connectivity index is 3.20. The van der Waals surface area contributed by atoms with Gasteiger partial charge in [0.15, 0.2) is 9.84 Å². The summed E-state index contributed by atoms with van der Waals surface area (Å²) in [7, 11) is -3.69. The summed E-state index contributed by atoms with van der Waals surface area (Å²) in [6.45, 7) is 0.159. The minimum atomic E-state index is -4.53. The van der Waals surface area contributed by atoms with Crippen LogP contribution in [0.5, 0.6) is 0 Å². The van der Waals surface area contributed by atoms with Gasteiger partial charge in [-0.1, -0.05) is 18.5 Å². The Morgan fingerprint density at radius 1 is 1.32 bits per heavy atom. The number of benzene rings is 1. The van der Waals surface area contributed by atoms with Gasteiger partial charge in [-0.2, -0.15) is 13.2 Å². The van der Waals surface area contributed by atoms with Crippen molar-refractivity contribution in [2.24, 2.45) is 0 Å². The molecule has 0 saturated heterocycles. The summed E-state index contributed by atoms with van der Waals surface area (Å²) in [5.41, 5.74) is -0.150. The monoisotopic (exact) mass is 357 g/mol. The van der Waals surface area contributed by atoms with Crippen LogP contribution in [0.2, 0.25) is 5.02 Å². The number of alkyl halides is 3. The van der Waals surface area contributed by atoms with Crippen LogP contribution in [0, 0.1) is 0 Å². The normalized spacial score (nSPS) is 12.3. The minimum absolute atomic E-state index is 0.0862. The standard InChI is InChI=1S/C13H15ClF3NO3S/c1-3-6-18(8-13(15,16)17)12(19)9-4-5-10(14)11(7-9)22(2,20)21/h4-5,7H,3,6,8H2,1-2H3. The number of sulfone groups is 1. The first kappa shape index (κ1) is 18.8. The highest BCUT2D eigenvalue weighted by molar-refractivity contribution is 7.90. The second-order valence-corrected chi connectivity index (χ2v) is 7.15. The SMILES string of the molecule is CCCN(CC(F)(F)F)C(=O)c1ccc(Cl)c(S(C)(=O)=O)c1. The van der Waals surface area contributed by atoms with E-state index in [0.29, 0.717) is 11.3 Å². The highest BCUT2D eigenvalue weighted by Crippen LogP contribution is 2.24. The third-order valence-electron chi connectivity index (χ3n) is 2.73. The molecule has 0 unspecified atom stereocenters. The van der Waals surface area contributed by atoms with Crippen molar-refractivity contribution in [1.82, 2.24) is 4.90 Å². The Morgan fingerprint density at radius 2 is 1.91 bits per heavy atom. The molecular weight excluding hydrogens is 343 g/mol. The molecule has 0 atom stereocenters. The van der Waals surface area contributed by atoms with Crippen LogP contribution >= 0.6 is 11.6 Å². The van der Waals surface area contributed by atoms with Crippen LogP contribution in [-0.4, -0.2) is 44.7 Å². The van der Waals surface area contributed by atoms with Crippen molar-refractivity contribution < 1.29 is 26.4 Å². The lowest BCUT2D eigenvalue weighted by Crippen LogP contribution is -2.39. The Labute approximate surface area is 131 Å². The molecule has 22 heavy (non-hydrogen) atoms. The van der Waals surface area contributed by atoms with Gasteiger partial charge in [0, 0.05) is 18.4 Å². The number of hydrogen-bond acceptors (Lipinski definition) is 3. The van der Waals surface area contributed by atoms with Gasteiger partial charge in [-0.3, -0.25) is 4.79 Å². The Bertz CT molecular complexity index is 659. The number of carbonyl (C=O) groups excluding carboxylic acids is 1. The number of nitrogens with zero attached hydrogens (tertiary/aromatic N) is 1. The predicted octanol–water partition coefficient (Wildman–Crippen LogP) is 3.16. The number of hydrogen-bond donors (Lipinski definition) is 0. The zero-order chi connectivity index (χ0) is 17.1. The van der Waals surface area contributed by atoms with Crippen LogP contribution in [0.4, 0.5) is 13.2 Å². The fourth-order valence-corrected chi connectivity index (χ4v) is 3.14. The van der Waals surface area contributed by atoms with Crippen LogP contribution in [0.3, 0.4) is 0 Å². The average molecular weight is 358 g/mol. The van der Waals surface area contributed by atoms with Crippen molar-refractivity contribution in [3.05, 3.63) is 28.8 Å². The molecule has 1 rings (SSSR count). The lowest BCUT2D eigenvalue weighted by Gasteiger charge is -2.23. The third kappa shape index (κ3) is 5.17. The molecule has 0 fully saturated rings. The zero-order valence-electron chi connectivity index (χ0n) is 11.9. The number of carbonyl (C=O) groups is 1. The van der Waals surface area contributed by atoms with Crippen LogP contribution in [0.25, 0.3) is 0 Å². The van der Waals surface area contributed by atoms with Crippen molar-refractivity contribution in [2.75, 3.05) is 19.3 Å². The molecule has 0 radical (unpaired) electrons. The summed E-state index contributed by atoms with van der Waals surface area (Å²) < 4.78 is 60.7. The van der Waals surface area contributed by atoms with E-state index in [-0.39, 0.29) is 22.0 Å². The maximum atomic E-state index is 12.5. The molecule has 0 bridgehead atoms. The quantitative estimate of drug-likeness (QED) is 0.813. The molecule has 4 nitrogen and oxygen atoms in total. The fourth-order valence-electron chi connectivity index (χ4n) is 1.84. The van der Waals surface area contributed by atoms with E-state index in [4.69, 9.17) is 11.6 Å². The maximum Gasteiger partial charge on any atom is 0.406 e. The topological polar surface area (TPSA) is 54.5 Å². The Hall–Kier alpha value is -1.28. The smallest absolute Gasteiger partial charge is 0.330 e. The maximum absolute atomic E-state index is 12.5. The van der Waals surface area contributed by atoms with E-state index < -0.39 is 28.5 Å². The summed E-state index contributed by atoms with van der Waals surface area (Å²) in [5.74, 6) is -0.888. The molecule has 0 aliphatic rings. The minimum Gasteiger partial charge on any atom is -0.330 e. The summed E-state index contributed by atoms with van der Waals surface area (Å²) in [6, 6.07) is 3.39. The van der Waals surface area contributed by atoms with Gasteiger partial charge in [0.2, 0.25) is 0 Å². The summed E-state index contributed by atoms with van der Waals surface area (Å²) in [5, 5.41) is -0.0862. The zero-order valence-corrected chi connectivity index (χ0v) is 13.5. The van der Waals surface area contributed by atoms with Gasteiger partial charge in [0.1, 0.15) is 6.54 Å². The first-order chi connectivity index (χ1) is 9.95. The highest BCUT2D eigenvalue weighted by atomic mass is 35.5. The van der Waals surface area contributed by atoms with Gasteiger partial charge in [-0.25, -0.2) is 8.42 Å². The Kier molecular flexibility index (Phi) is 5.86. The molecule has 0 aliphatic heterocycles. The second-order valence-electron chi connectivity index (χ2n) is 4.76. The van der Waals surface area contributed by atoms with Gasteiger partial charge < -0.3 is 4.90 Å². The molecule has 124 valence electrons.